The molecule has 0 bridgehead atoms. The third-order valence-corrected chi connectivity index (χ3v) is 1.72. The number of rotatable bonds is 0. The maximum Gasteiger partial charge on any atom is 0.104 e. The van der Waals surface area contributed by atoms with Crippen LogP contribution in [-0.4, -0.2) is 8.75 Å². The highest BCUT2D eigenvalue weighted by Gasteiger charge is 1.91. The molecule has 2 rings (SSSR count). The molecule has 2 nitrogen and oxygen atoms in total. The molecule has 0 atom stereocenters. The summed E-state index contributed by atoms with van der Waals surface area (Å²) in [5.74, 6) is 0. The number of hydrogen-bond acceptors (Lipinski definition) is 3. The number of nitrogens with zero attached hydrogens (tertiary/aromatic N) is 2. The lowest BCUT2D eigenvalue weighted by molar-refractivity contribution is 1.50. The predicted molar refractivity (Wildman–Crippen MR) is 71.5 cm³/mol. The van der Waals surface area contributed by atoms with Gasteiger partial charge in [-0.05, 0) is 12.1 Å². The molecule has 86 valence electrons. The van der Waals surface area contributed by atoms with Gasteiger partial charge in [0, 0.05) is 0 Å². The Morgan fingerprint density at radius 2 is 1.07 bits per heavy atom. The van der Waals surface area contributed by atoms with Crippen LogP contribution in [0.4, 0.5) is 0 Å². The van der Waals surface area contributed by atoms with E-state index in [2.05, 4.69) is 8.75 Å². The molecule has 1 heterocycles. The highest BCUT2D eigenvalue weighted by Crippen LogP contribution is 2.08. The van der Waals surface area contributed by atoms with Gasteiger partial charge in [0.2, 0.25) is 0 Å². The van der Waals surface area contributed by atoms with Crippen molar-refractivity contribution >= 4 is 22.8 Å². The van der Waals surface area contributed by atoms with E-state index in [1.54, 1.807) is 0 Å². The first kappa shape index (κ1) is 16.5. The number of fused-ring (bicyclic) bond motifs is 1. The molecule has 1 aromatic carbocycles. The van der Waals surface area contributed by atoms with E-state index in [-0.39, 0.29) is 0 Å². The van der Waals surface area contributed by atoms with Gasteiger partial charge in [0.1, 0.15) is 11.0 Å². The van der Waals surface area contributed by atoms with Gasteiger partial charge in [0.15, 0.2) is 0 Å². The van der Waals surface area contributed by atoms with Crippen molar-refractivity contribution in [2.45, 2.75) is 41.5 Å². The van der Waals surface area contributed by atoms with Crippen molar-refractivity contribution in [3.8, 4) is 0 Å². The molecule has 0 aliphatic heterocycles. The monoisotopic (exact) mass is 226 g/mol. The zero-order valence-corrected chi connectivity index (χ0v) is 11.4. The van der Waals surface area contributed by atoms with E-state index >= 15 is 0 Å². The molecule has 0 saturated carbocycles. The molecule has 0 spiro atoms. The average molecular weight is 226 g/mol. The highest BCUT2D eigenvalue weighted by molar-refractivity contribution is 7.00. The van der Waals surface area contributed by atoms with E-state index in [0.29, 0.717) is 0 Å². The van der Waals surface area contributed by atoms with Gasteiger partial charge in [-0.1, -0.05) is 53.7 Å². The highest BCUT2D eigenvalue weighted by atomic mass is 32.1. The van der Waals surface area contributed by atoms with Crippen molar-refractivity contribution in [3.63, 3.8) is 0 Å². The van der Waals surface area contributed by atoms with Crippen LogP contribution in [0.3, 0.4) is 0 Å². The summed E-state index contributed by atoms with van der Waals surface area (Å²) in [6.07, 6.45) is 0. The van der Waals surface area contributed by atoms with Crippen LogP contribution in [0, 0.1) is 0 Å². The maximum atomic E-state index is 4.05. The first-order valence-corrected chi connectivity index (χ1v) is 6.37. The van der Waals surface area contributed by atoms with Crippen molar-refractivity contribution in [2.75, 3.05) is 0 Å². The maximum absolute atomic E-state index is 4.05. The molecule has 0 aliphatic carbocycles. The molecule has 0 aliphatic rings. The van der Waals surface area contributed by atoms with Gasteiger partial charge < -0.3 is 0 Å². The second kappa shape index (κ2) is 13.0. The molecule has 0 saturated heterocycles. The summed E-state index contributed by atoms with van der Waals surface area (Å²) in [5.41, 5.74) is 1.98. The molecule has 0 radical (unpaired) electrons. The summed E-state index contributed by atoms with van der Waals surface area (Å²) in [5, 5.41) is 0. The Hall–Kier alpha value is -0.960. The van der Waals surface area contributed by atoms with Gasteiger partial charge in [-0.2, -0.15) is 8.75 Å². The topological polar surface area (TPSA) is 25.8 Å². The Bertz CT molecular complexity index is 288. The quantitative estimate of drug-likeness (QED) is 0.646. The Morgan fingerprint density at radius 3 is 1.40 bits per heavy atom. The minimum absolute atomic E-state index is 0.988. The smallest absolute Gasteiger partial charge is 0.104 e. The molecule has 0 unspecified atom stereocenters. The lowest BCUT2D eigenvalue weighted by Crippen LogP contribution is -1.63. The number of benzene rings is 1. The molecular weight excluding hydrogens is 204 g/mol. The van der Waals surface area contributed by atoms with Crippen molar-refractivity contribution in [3.05, 3.63) is 24.3 Å². The van der Waals surface area contributed by atoms with Gasteiger partial charge in [0.05, 0.1) is 11.7 Å². The fourth-order valence-corrected chi connectivity index (χ4v) is 1.25. The van der Waals surface area contributed by atoms with Crippen LogP contribution in [0.2, 0.25) is 0 Å². The van der Waals surface area contributed by atoms with Crippen LogP contribution in [0.1, 0.15) is 41.5 Å². The van der Waals surface area contributed by atoms with Crippen LogP contribution >= 0.6 is 11.7 Å². The Kier molecular flexibility index (Phi) is 14.3. The summed E-state index contributed by atoms with van der Waals surface area (Å²) in [6, 6.07) is 7.84. The zero-order valence-electron chi connectivity index (χ0n) is 10.6. The van der Waals surface area contributed by atoms with E-state index in [4.69, 9.17) is 0 Å². The average Bonchev–Trinajstić information content (AvgIpc) is 2.85. The Morgan fingerprint density at radius 1 is 0.733 bits per heavy atom. The summed E-state index contributed by atoms with van der Waals surface area (Å²) in [4.78, 5) is 0. The predicted octanol–water partition coefficient (Wildman–Crippen LogP) is 4.77. The van der Waals surface area contributed by atoms with Crippen LogP contribution in [0.5, 0.6) is 0 Å². The first-order valence-electron chi connectivity index (χ1n) is 5.64. The third kappa shape index (κ3) is 6.18. The van der Waals surface area contributed by atoms with Gasteiger partial charge in [-0.3, -0.25) is 0 Å². The molecule has 0 amide bonds. The fraction of sp³-hybridized carbons (Fsp3) is 0.500. The van der Waals surface area contributed by atoms with Crippen molar-refractivity contribution in [1.29, 1.82) is 0 Å². The van der Waals surface area contributed by atoms with Gasteiger partial charge in [-0.25, -0.2) is 0 Å². The second-order valence-electron chi connectivity index (χ2n) is 1.75. The SMILES string of the molecule is CC.CC.CC.c1ccc2nsnc2c1. The van der Waals surface area contributed by atoms with Crippen LogP contribution in [0.25, 0.3) is 11.0 Å². The molecule has 2 aromatic rings. The van der Waals surface area contributed by atoms with E-state index < -0.39 is 0 Å². The fourth-order valence-electron chi connectivity index (χ4n) is 0.727. The van der Waals surface area contributed by atoms with Crippen LogP contribution in [-0.2, 0) is 0 Å². The summed E-state index contributed by atoms with van der Waals surface area (Å²) >= 11 is 1.25. The normalized spacial score (nSPS) is 7.33. The summed E-state index contributed by atoms with van der Waals surface area (Å²) in [7, 11) is 0. The molecule has 0 fully saturated rings. The van der Waals surface area contributed by atoms with E-state index in [0.717, 1.165) is 11.0 Å². The van der Waals surface area contributed by atoms with E-state index in [1.165, 1.54) is 11.7 Å². The van der Waals surface area contributed by atoms with Crippen molar-refractivity contribution < 1.29 is 0 Å². The molecule has 1 aromatic heterocycles. The lowest BCUT2D eigenvalue weighted by Gasteiger charge is -1.78. The third-order valence-electron chi connectivity index (χ3n) is 1.16. The lowest BCUT2D eigenvalue weighted by atomic mass is 10.3. The standard InChI is InChI=1S/C6H4N2S.3C2H6/c1-2-4-6-5(3-1)7-9-8-6;3*1-2/h1-4H;3*1-2H3. The van der Waals surface area contributed by atoms with Gasteiger partial charge >= 0.3 is 0 Å². The number of aromatic nitrogens is 2. The molecular formula is C12H22N2S. The Balaban J connectivity index is 0. The van der Waals surface area contributed by atoms with Crippen molar-refractivity contribution in [2.24, 2.45) is 0 Å². The second-order valence-corrected chi connectivity index (χ2v) is 2.28. The molecule has 3 heteroatoms. The van der Waals surface area contributed by atoms with Crippen molar-refractivity contribution in [1.82, 2.24) is 8.75 Å². The van der Waals surface area contributed by atoms with Crippen LogP contribution < -0.4 is 0 Å². The minimum Gasteiger partial charge on any atom is -0.173 e. The van der Waals surface area contributed by atoms with Gasteiger partial charge in [0.25, 0.3) is 0 Å². The van der Waals surface area contributed by atoms with Crippen LogP contribution in [0.15, 0.2) is 24.3 Å². The molecule has 15 heavy (non-hydrogen) atoms. The van der Waals surface area contributed by atoms with Gasteiger partial charge in [-0.15, -0.1) is 0 Å². The first-order chi connectivity index (χ1) is 7.47. The minimum atomic E-state index is 0.988. The zero-order chi connectivity index (χ0) is 12.1. The van der Waals surface area contributed by atoms with E-state index in [9.17, 15) is 0 Å². The summed E-state index contributed by atoms with van der Waals surface area (Å²) < 4.78 is 8.10. The Labute approximate surface area is 97.7 Å². The largest absolute Gasteiger partial charge is 0.173 e. The summed E-state index contributed by atoms with van der Waals surface area (Å²) in [6.45, 7) is 12.0. The molecule has 0 N–H and O–H groups in total. The number of hydrogen-bond donors (Lipinski definition) is 0. The van der Waals surface area contributed by atoms with E-state index in [1.807, 2.05) is 65.8 Å².